The number of para-hydroxylation sites is 1. The molecule has 0 bridgehead atoms. The largest absolute Gasteiger partial charge is 0.366 e. The third-order valence-corrected chi connectivity index (χ3v) is 7.20. The molecule has 2 aliphatic heterocycles. The highest BCUT2D eigenvalue weighted by Crippen LogP contribution is 2.23. The molecule has 168 valence electrons. The molecular formula is C23H26FN5O2S. The van der Waals surface area contributed by atoms with Crippen LogP contribution in [0.5, 0.6) is 0 Å². The molecule has 1 amide bonds. The standard InChI is InChI=1S/C23H26FN5O2S/c24-17-6-2-3-7-19(17)26-11-13-27(14-12-26)20(30)16-29-22(31)21-18(8-15-32-21)25-23(29)28-9-4-1-5-10-28/h2-3,6-8,15H,1,4-5,9-14,16H2. The Morgan fingerprint density at radius 1 is 0.969 bits per heavy atom. The number of hydrogen-bond acceptors (Lipinski definition) is 6. The second kappa shape index (κ2) is 8.90. The second-order valence-corrected chi connectivity index (χ2v) is 9.22. The van der Waals surface area contributed by atoms with Crippen LogP contribution in [-0.4, -0.2) is 59.6 Å². The van der Waals surface area contributed by atoms with Crippen molar-refractivity contribution < 1.29 is 9.18 Å². The number of aromatic nitrogens is 2. The number of halogens is 1. The van der Waals surface area contributed by atoms with Crippen LogP contribution in [0.15, 0.2) is 40.5 Å². The van der Waals surface area contributed by atoms with Crippen molar-refractivity contribution in [2.75, 3.05) is 49.1 Å². The van der Waals surface area contributed by atoms with E-state index >= 15 is 0 Å². The van der Waals surface area contributed by atoms with Gasteiger partial charge in [0.2, 0.25) is 11.9 Å². The van der Waals surface area contributed by atoms with E-state index < -0.39 is 0 Å². The summed E-state index contributed by atoms with van der Waals surface area (Å²) in [6.45, 7) is 3.77. The van der Waals surface area contributed by atoms with Crippen LogP contribution in [0.4, 0.5) is 16.0 Å². The number of piperidine rings is 1. The minimum Gasteiger partial charge on any atom is -0.366 e. The Morgan fingerprint density at radius 3 is 2.47 bits per heavy atom. The van der Waals surface area contributed by atoms with Crippen molar-refractivity contribution in [3.05, 3.63) is 51.9 Å². The van der Waals surface area contributed by atoms with E-state index in [1.54, 1.807) is 21.6 Å². The molecule has 3 aromatic rings. The van der Waals surface area contributed by atoms with Gasteiger partial charge < -0.3 is 14.7 Å². The lowest BCUT2D eigenvalue weighted by Gasteiger charge is -2.36. The van der Waals surface area contributed by atoms with Gasteiger partial charge in [0.05, 0.1) is 11.2 Å². The molecule has 2 fully saturated rings. The molecular weight excluding hydrogens is 429 g/mol. The Morgan fingerprint density at radius 2 is 1.72 bits per heavy atom. The first-order chi connectivity index (χ1) is 15.6. The van der Waals surface area contributed by atoms with Gasteiger partial charge in [0, 0.05) is 39.3 Å². The van der Waals surface area contributed by atoms with Gasteiger partial charge in [-0.2, -0.15) is 0 Å². The lowest BCUT2D eigenvalue weighted by atomic mass is 10.1. The molecule has 0 saturated carbocycles. The van der Waals surface area contributed by atoms with Crippen molar-refractivity contribution in [3.8, 4) is 0 Å². The van der Waals surface area contributed by atoms with Crippen molar-refractivity contribution in [1.29, 1.82) is 0 Å². The Hall–Kier alpha value is -2.94. The summed E-state index contributed by atoms with van der Waals surface area (Å²) < 4.78 is 16.3. The van der Waals surface area contributed by atoms with Crippen molar-refractivity contribution in [2.45, 2.75) is 25.8 Å². The highest BCUT2D eigenvalue weighted by Gasteiger charge is 2.26. The predicted octanol–water partition coefficient (Wildman–Crippen LogP) is 2.94. The van der Waals surface area contributed by atoms with Crippen molar-refractivity contribution >= 4 is 39.1 Å². The van der Waals surface area contributed by atoms with Crippen molar-refractivity contribution in [2.24, 2.45) is 0 Å². The third kappa shape index (κ3) is 3.97. The fourth-order valence-corrected chi connectivity index (χ4v) is 5.33. The van der Waals surface area contributed by atoms with Crippen LogP contribution >= 0.6 is 11.3 Å². The predicted molar refractivity (Wildman–Crippen MR) is 125 cm³/mol. The number of rotatable bonds is 4. The summed E-state index contributed by atoms with van der Waals surface area (Å²) in [6, 6.07) is 8.57. The molecule has 2 aromatic heterocycles. The first-order valence-electron chi connectivity index (χ1n) is 11.1. The molecule has 32 heavy (non-hydrogen) atoms. The summed E-state index contributed by atoms with van der Waals surface area (Å²) in [5, 5.41) is 1.87. The highest BCUT2D eigenvalue weighted by molar-refractivity contribution is 7.17. The molecule has 7 nitrogen and oxygen atoms in total. The number of anilines is 2. The zero-order chi connectivity index (χ0) is 22.1. The monoisotopic (exact) mass is 455 g/mol. The molecule has 0 N–H and O–H groups in total. The van der Waals surface area contributed by atoms with Crippen molar-refractivity contribution in [1.82, 2.24) is 14.5 Å². The molecule has 2 saturated heterocycles. The molecule has 0 aliphatic carbocycles. The van der Waals surface area contributed by atoms with Gasteiger partial charge in [-0.3, -0.25) is 14.2 Å². The van der Waals surface area contributed by atoms with Crippen LogP contribution < -0.4 is 15.4 Å². The molecule has 1 aromatic carbocycles. The van der Waals surface area contributed by atoms with Gasteiger partial charge in [-0.25, -0.2) is 9.37 Å². The van der Waals surface area contributed by atoms with E-state index in [0.717, 1.165) is 25.9 Å². The number of benzene rings is 1. The highest BCUT2D eigenvalue weighted by atomic mass is 32.1. The molecule has 4 heterocycles. The van der Waals surface area contributed by atoms with E-state index in [1.165, 1.54) is 23.8 Å². The van der Waals surface area contributed by atoms with E-state index in [-0.39, 0.29) is 23.8 Å². The van der Waals surface area contributed by atoms with Gasteiger partial charge >= 0.3 is 0 Å². The van der Waals surface area contributed by atoms with E-state index in [4.69, 9.17) is 4.98 Å². The Balaban J connectivity index is 1.35. The summed E-state index contributed by atoms with van der Waals surface area (Å²) in [5.41, 5.74) is 1.11. The Bertz CT molecular complexity index is 1180. The van der Waals surface area contributed by atoms with Crippen LogP contribution in [0.3, 0.4) is 0 Å². The smallest absolute Gasteiger partial charge is 0.273 e. The van der Waals surface area contributed by atoms with Crippen LogP contribution in [-0.2, 0) is 11.3 Å². The molecule has 0 unspecified atom stereocenters. The van der Waals surface area contributed by atoms with Crippen LogP contribution in [0.1, 0.15) is 19.3 Å². The lowest BCUT2D eigenvalue weighted by Crippen LogP contribution is -2.50. The van der Waals surface area contributed by atoms with Gasteiger partial charge in [-0.1, -0.05) is 12.1 Å². The molecule has 0 radical (unpaired) electrons. The minimum atomic E-state index is -0.250. The molecule has 0 spiro atoms. The van der Waals surface area contributed by atoms with Crippen LogP contribution in [0.25, 0.3) is 10.2 Å². The number of amides is 1. The fraction of sp³-hybridized carbons (Fsp3) is 0.435. The van der Waals surface area contributed by atoms with Crippen LogP contribution in [0, 0.1) is 5.82 Å². The first-order valence-corrected chi connectivity index (χ1v) is 12.0. The molecule has 0 atom stereocenters. The maximum Gasteiger partial charge on any atom is 0.273 e. The zero-order valence-corrected chi connectivity index (χ0v) is 18.7. The van der Waals surface area contributed by atoms with E-state index in [0.29, 0.717) is 48.0 Å². The number of hydrogen-bond donors (Lipinski definition) is 0. The number of carbonyl (C=O) groups is 1. The average Bonchev–Trinajstić information content (AvgIpc) is 3.31. The summed E-state index contributed by atoms with van der Waals surface area (Å²) in [5.74, 6) is 0.246. The molecule has 9 heteroatoms. The number of carbonyl (C=O) groups excluding carboxylic acids is 1. The second-order valence-electron chi connectivity index (χ2n) is 8.31. The lowest BCUT2D eigenvalue weighted by molar-refractivity contribution is -0.132. The number of thiophene rings is 1. The molecule has 2 aliphatic rings. The summed E-state index contributed by atoms with van der Waals surface area (Å²) in [4.78, 5) is 37.0. The van der Waals surface area contributed by atoms with Crippen LogP contribution in [0.2, 0.25) is 0 Å². The number of nitrogens with zero attached hydrogens (tertiary/aromatic N) is 5. The normalized spacial score (nSPS) is 17.2. The fourth-order valence-electron chi connectivity index (χ4n) is 4.55. The summed E-state index contributed by atoms with van der Waals surface area (Å²) >= 11 is 1.36. The third-order valence-electron chi connectivity index (χ3n) is 6.30. The maximum atomic E-state index is 14.1. The number of piperazine rings is 1. The van der Waals surface area contributed by atoms with Gasteiger partial charge in [-0.05, 0) is 42.8 Å². The summed E-state index contributed by atoms with van der Waals surface area (Å²) in [7, 11) is 0. The van der Waals surface area contributed by atoms with Gasteiger partial charge in [0.1, 0.15) is 17.1 Å². The summed E-state index contributed by atoms with van der Waals surface area (Å²) in [6.07, 6.45) is 3.29. The van der Waals surface area contributed by atoms with Gasteiger partial charge in [-0.15, -0.1) is 11.3 Å². The minimum absolute atomic E-state index is 0.0226. The van der Waals surface area contributed by atoms with Crippen molar-refractivity contribution in [3.63, 3.8) is 0 Å². The maximum absolute atomic E-state index is 14.1. The average molecular weight is 456 g/mol. The van der Waals surface area contributed by atoms with E-state index in [2.05, 4.69) is 4.90 Å². The molecule has 5 rings (SSSR count). The SMILES string of the molecule is O=C(Cn1c(N2CCCCC2)nc2ccsc2c1=O)N1CCN(c2ccccc2F)CC1. The number of fused-ring (bicyclic) bond motifs is 1. The Labute approximate surface area is 189 Å². The quantitative estimate of drug-likeness (QED) is 0.605. The first kappa shape index (κ1) is 20.9. The van der Waals surface area contributed by atoms with Gasteiger partial charge in [0.15, 0.2) is 0 Å². The van der Waals surface area contributed by atoms with E-state index in [9.17, 15) is 14.0 Å². The topological polar surface area (TPSA) is 61.7 Å². The van der Waals surface area contributed by atoms with E-state index in [1.807, 2.05) is 22.4 Å². The Kier molecular flexibility index (Phi) is 5.82. The zero-order valence-electron chi connectivity index (χ0n) is 17.9. The van der Waals surface area contributed by atoms with Gasteiger partial charge in [0.25, 0.3) is 5.56 Å².